The molecule has 0 aromatic heterocycles. The molecule has 3 rings (SSSR count). The van der Waals surface area contributed by atoms with E-state index in [4.69, 9.17) is 4.55 Å². The third-order valence-corrected chi connectivity index (χ3v) is 6.65. The summed E-state index contributed by atoms with van der Waals surface area (Å²) in [6.07, 6.45) is 0. The van der Waals surface area contributed by atoms with E-state index < -0.39 is 61.9 Å². The van der Waals surface area contributed by atoms with Crippen molar-refractivity contribution in [3.05, 3.63) is 48.5 Å². The lowest BCUT2D eigenvalue weighted by molar-refractivity contribution is 0.468. The summed E-state index contributed by atoms with van der Waals surface area (Å²) in [4.78, 5) is -2.06. The summed E-state index contributed by atoms with van der Waals surface area (Å²) in [5.41, 5.74) is -0.530. The van der Waals surface area contributed by atoms with E-state index >= 15 is 0 Å². The number of azo groups is 1. The zero-order valence-corrected chi connectivity index (χ0v) is 17.4. The van der Waals surface area contributed by atoms with Crippen LogP contribution in [0, 0.1) is 0 Å². The van der Waals surface area contributed by atoms with Gasteiger partial charge in [0.05, 0.1) is 10.6 Å². The van der Waals surface area contributed by atoms with Gasteiger partial charge in [-0.05, 0) is 30.3 Å². The predicted octanol–water partition coefficient (Wildman–Crippen LogP) is 2.70. The summed E-state index contributed by atoms with van der Waals surface area (Å²) < 4.78 is 97.0. The normalized spacial score (nSPS) is 13.1. The Hall–Kier alpha value is -2.95. The molecule has 31 heavy (non-hydrogen) atoms. The number of hydrogen-bond donors (Lipinski definition) is 4. The third-order valence-electron chi connectivity index (χ3n) is 3.99. The highest BCUT2D eigenvalue weighted by molar-refractivity contribution is 7.86. The fraction of sp³-hybridized carbons (Fsp3) is 0. The quantitative estimate of drug-likeness (QED) is 0.305. The number of fused-ring (bicyclic) bond motifs is 1. The lowest BCUT2D eigenvalue weighted by atomic mass is 10.1. The topological polar surface area (TPSA) is 208 Å². The first-order valence-corrected chi connectivity index (χ1v) is 12.2. The molecule has 0 unspecified atom stereocenters. The molecular weight excluding hydrogens is 476 g/mol. The summed E-state index contributed by atoms with van der Waals surface area (Å²) in [5.74, 6) is -0.880. The maximum Gasteiger partial charge on any atom is 0.295 e. The molecule has 0 fully saturated rings. The molecule has 3 aromatic carbocycles. The van der Waals surface area contributed by atoms with Crippen molar-refractivity contribution >= 4 is 52.5 Å². The number of hydrogen-bond acceptors (Lipinski definition) is 9. The minimum Gasteiger partial charge on any atom is -0.506 e. The van der Waals surface area contributed by atoms with Crippen LogP contribution in [0.4, 0.5) is 11.4 Å². The SMILES string of the molecule is O=S(=O)(O)c1ccc(N=Nc2c(O)cc(S(=O)(=O)O)c3cccc(S(=O)(=O)O)c23)cc1. The molecule has 0 spiro atoms. The Morgan fingerprint density at radius 3 is 1.77 bits per heavy atom. The lowest BCUT2D eigenvalue weighted by Crippen LogP contribution is -2.03. The first-order chi connectivity index (χ1) is 14.2. The Morgan fingerprint density at radius 1 is 0.677 bits per heavy atom. The van der Waals surface area contributed by atoms with E-state index in [9.17, 15) is 39.5 Å². The standard InChI is InChI=1S/C16H12N2O10S3/c19-12-8-14(31(26,27)28)11-2-1-3-13(30(23,24)25)15(11)16(12)18-17-9-4-6-10(7-5-9)29(20,21)22/h1-8,19H,(H,20,21,22)(H,23,24,25)(H,26,27,28). The molecule has 0 aliphatic heterocycles. The Bertz CT molecular complexity index is 1540. The van der Waals surface area contributed by atoms with Gasteiger partial charge in [0.1, 0.15) is 21.2 Å². The highest BCUT2D eigenvalue weighted by Gasteiger charge is 2.25. The number of nitrogens with zero attached hydrogens (tertiary/aromatic N) is 2. The largest absolute Gasteiger partial charge is 0.506 e. The van der Waals surface area contributed by atoms with Crippen molar-refractivity contribution in [1.29, 1.82) is 0 Å². The monoisotopic (exact) mass is 488 g/mol. The number of benzene rings is 3. The van der Waals surface area contributed by atoms with Gasteiger partial charge in [-0.1, -0.05) is 12.1 Å². The van der Waals surface area contributed by atoms with Gasteiger partial charge in [0.25, 0.3) is 30.4 Å². The second-order valence-electron chi connectivity index (χ2n) is 6.04. The van der Waals surface area contributed by atoms with Crippen LogP contribution in [0.3, 0.4) is 0 Å². The molecule has 164 valence electrons. The highest BCUT2D eigenvalue weighted by atomic mass is 32.2. The molecule has 0 amide bonds. The third kappa shape index (κ3) is 4.71. The van der Waals surface area contributed by atoms with Crippen molar-refractivity contribution in [3.8, 4) is 5.75 Å². The van der Waals surface area contributed by atoms with E-state index in [0.29, 0.717) is 6.07 Å². The van der Waals surface area contributed by atoms with Crippen molar-refractivity contribution in [2.24, 2.45) is 10.2 Å². The lowest BCUT2D eigenvalue weighted by Gasteiger charge is -2.11. The van der Waals surface area contributed by atoms with Crippen LogP contribution in [-0.2, 0) is 30.4 Å². The second-order valence-corrected chi connectivity index (χ2v) is 10.2. The van der Waals surface area contributed by atoms with E-state index in [0.717, 1.165) is 42.5 Å². The van der Waals surface area contributed by atoms with Gasteiger partial charge >= 0.3 is 0 Å². The number of phenolic OH excluding ortho intramolecular Hbond substituents is 1. The maximum absolute atomic E-state index is 11.8. The van der Waals surface area contributed by atoms with Crippen LogP contribution < -0.4 is 0 Å². The molecule has 0 heterocycles. The Kier molecular flexibility index (Phi) is 5.59. The zero-order chi connectivity index (χ0) is 23.2. The molecule has 15 heteroatoms. The Morgan fingerprint density at radius 2 is 1.26 bits per heavy atom. The van der Waals surface area contributed by atoms with Gasteiger partial charge in [-0.2, -0.15) is 30.4 Å². The maximum atomic E-state index is 11.8. The summed E-state index contributed by atoms with van der Waals surface area (Å²) in [6.45, 7) is 0. The van der Waals surface area contributed by atoms with Crippen LogP contribution in [0.5, 0.6) is 5.75 Å². The van der Waals surface area contributed by atoms with Crippen LogP contribution in [0.2, 0.25) is 0 Å². The van der Waals surface area contributed by atoms with Gasteiger partial charge in [-0.3, -0.25) is 13.7 Å². The van der Waals surface area contributed by atoms with Gasteiger partial charge in [0.15, 0.2) is 0 Å². The van der Waals surface area contributed by atoms with Crippen molar-refractivity contribution in [2.75, 3.05) is 0 Å². The van der Waals surface area contributed by atoms with E-state index in [1.54, 1.807) is 0 Å². The van der Waals surface area contributed by atoms with Gasteiger partial charge in [-0.15, -0.1) is 5.11 Å². The molecule has 0 aliphatic carbocycles. The van der Waals surface area contributed by atoms with E-state index in [-0.39, 0.29) is 11.1 Å². The Labute approximate surface area is 175 Å². The van der Waals surface area contributed by atoms with Crippen molar-refractivity contribution in [1.82, 2.24) is 0 Å². The predicted molar refractivity (Wildman–Crippen MR) is 106 cm³/mol. The summed E-state index contributed by atoms with van der Waals surface area (Å²) in [6, 6.07) is 8.06. The molecule has 4 N–H and O–H groups in total. The summed E-state index contributed by atoms with van der Waals surface area (Å²) in [7, 11) is -14.3. The van der Waals surface area contributed by atoms with Crippen LogP contribution in [0.1, 0.15) is 0 Å². The number of phenols is 1. The molecule has 0 radical (unpaired) electrons. The average molecular weight is 488 g/mol. The minimum absolute atomic E-state index is 0.0168. The summed E-state index contributed by atoms with van der Waals surface area (Å²) >= 11 is 0. The smallest absolute Gasteiger partial charge is 0.295 e. The van der Waals surface area contributed by atoms with Crippen molar-refractivity contribution in [3.63, 3.8) is 0 Å². The first-order valence-electron chi connectivity index (χ1n) is 7.92. The molecule has 0 aliphatic rings. The van der Waals surface area contributed by atoms with Crippen LogP contribution in [0.25, 0.3) is 10.8 Å². The van der Waals surface area contributed by atoms with Gasteiger partial charge in [-0.25, -0.2) is 0 Å². The van der Waals surface area contributed by atoms with Crippen molar-refractivity contribution < 1.29 is 44.0 Å². The fourth-order valence-corrected chi connectivity index (χ4v) is 4.60. The van der Waals surface area contributed by atoms with E-state index in [2.05, 4.69) is 10.2 Å². The first kappa shape index (κ1) is 22.7. The Balaban J connectivity index is 2.30. The summed E-state index contributed by atoms with van der Waals surface area (Å²) in [5, 5.41) is 16.8. The molecule has 3 aromatic rings. The van der Waals surface area contributed by atoms with E-state index in [1.165, 1.54) is 0 Å². The van der Waals surface area contributed by atoms with Crippen LogP contribution >= 0.6 is 0 Å². The van der Waals surface area contributed by atoms with Crippen molar-refractivity contribution in [2.45, 2.75) is 14.7 Å². The molecule has 0 saturated carbocycles. The van der Waals surface area contributed by atoms with E-state index in [1.807, 2.05) is 0 Å². The molecule has 0 atom stereocenters. The number of rotatable bonds is 5. The molecule has 0 bridgehead atoms. The highest BCUT2D eigenvalue weighted by Crippen LogP contribution is 2.42. The van der Waals surface area contributed by atoms with Crippen LogP contribution in [-0.4, -0.2) is 44.0 Å². The average Bonchev–Trinajstić information content (AvgIpc) is 2.64. The fourth-order valence-electron chi connectivity index (χ4n) is 2.70. The minimum atomic E-state index is -4.92. The van der Waals surface area contributed by atoms with Gasteiger partial charge in [0, 0.05) is 16.8 Å². The molecule has 12 nitrogen and oxygen atoms in total. The van der Waals surface area contributed by atoms with Gasteiger partial charge in [0.2, 0.25) is 0 Å². The number of aromatic hydroxyl groups is 1. The molecule has 0 saturated heterocycles. The molecular formula is C16H12N2O10S3. The van der Waals surface area contributed by atoms with Gasteiger partial charge < -0.3 is 5.11 Å². The zero-order valence-electron chi connectivity index (χ0n) is 15.0. The second kappa shape index (κ2) is 7.63. The van der Waals surface area contributed by atoms with Crippen LogP contribution in [0.15, 0.2) is 73.4 Å².